The van der Waals surface area contributed by atoms with Gasteiger partial charge in [0.1, 0.15) is 5.75 Å². The van der Waals surface area contributed by atoms with Crippen molar-refractivity contribution in [2.45, 2.75) is 42.2 Å². The van der Waals surface area contributed by atoms with Crippen molar-refractivity contribution in [2.75, 3.05) is 18.1 Å². The Hall–Kier alpha value is -1.34. The smallest absolute Gasteiger partial charge is 0.305 e. The second-order valence-corrected chi connectivity index (χ2v) is 9.26. The molecule has 0 unspecified atom stereocenters. The van der Waals surface area contributed by atoms with Crippen molar-refractivity contribution in [2.24, 2.45) is 0 Å². The summed E-state index contributed by atoms with van der Waals surface area (Å²) in [5.74, 6) is 1.92. The lowest BCUT2D eigenvalue weighted by atomic mass is 9.74. The molecule has 2 aliphatic rings. The summed E-state index contributed by atoms with van der Waals surface area (Å²) in [7, 11) is 0. The molecule has 2 fully saturated rings. The highest BCUT2D eigenvalue weighted by molar-refractivity contribution is 8.16. The predicted molar refractivity (Wildman–Crippen MR) is 101 cm³/mol. The van der Waals surface area contributed by atoms with Crippen LogP contribution in [0.1, 0.15) is 42.2 Å². The van der Waals surface area contributed by atoms with E-state index in [0.29, 0.717) is 10.3 Å². The third-order valence-corrected chi connectivity index (χ3v) is 7.57. The van der Waals surface area contributed by atoms with Gasteiger partial charge < -0.3 is 15.2 Å². The summed E-state index contributed by atoms with van der Waals surface area (Å²) in [6.45, 7) is -0.0896. The van der Waals surface area contributed by atoms with Gasteiger partial charge in [0.05, 0.1) is 16.5 Å². The summed E-state index contributed by atoms with van der Waals surface area (Å²) in [5, 5.41) is 11.8. The van der Waals surface area contributed by atoms with E-state index in [1.165, 1.54) is 23.5 Å². The Morgan fingerprint density at radius 3 is 2.40 bits per heavy atom. The zero-order chi connectivity index (χ0) is 17.7. The maximum absolute atomic E-state index is 12.1. The normalized spacial score (nSPS) is 19.7. The largest absolute Gasteiger partial charge is 0.484 e. The van der Waals surface area contributed by atoms with E-state index in [9.17, 15) is 9.59 Å². The second-order valence-electron chi connectivity index (χ2n) is 6.54. The molecule has 5 nitrogen and oxygen atoms in total. The monoisotopic (exact) mass is 381 g/mol. The Bertz CT molecular complexity index is 610. The Morgan fingerprint density at radius 1 is 1.16 bits per heavy atom. The van der Waals surface area contributed by atoms with Crippen LogP contribution >= 0.6 is 23.5 Å². The molecule has 1 heterocycles. The molecule has 1 aliphatic carbocycles. The highest BCUT2D eigenvalue weighted by atomic mass is 32.2. The number of ether oxygens (including phenoxy) is 1. The van der Waals surface area contributed by atoms with Gasteiger partial charge in [0.2, 0.25) is 0 Å². The number of rotatable bonds is 7. The number of carbonyl (C=O) groups is 2. The quantitative estimate of drug-likeness (QED) is 0.753. The van der Waals surface area contributed by atoms with Crippen LogP contribution in [0.4, 0.5) is 0 Å². The summed E-state index contributed by atoms with van der Waals surface area (Å²) in [6, 6.07) is 7.91. The average Bonchev–Trinajstić information content (AvgIpc) is 2.59. The lowest BCUT2D eigenvalue weighted by Gasteiger charge is -2.41. The number of nitrogens with one attached hydrogen (secondary N) is 1. The molecule has 0 radical (unpaired) electrons. The van der Waals surface area contributed by atoms with Crippen LogP contribution in [-0.4, -0.2) is 40.6 Å². The molecular weight excluding hydrogens is 358 g/mol. The number of hydrogen-bond acceptors (Lipinski definition) is 5. The number of benzene rings is 1. The van der Waals surface area contributed by atoms with Gasteiger partial charge in [0.25, 0.3) is 5.91 Å². The van der Waals surface area contributed by atoms with Gasteiger partial charge in [0.15, 0.2) is 6.61 Å². The Balaban J connectivity index is 1.47. The summed E-state index contributed by atoms with van der Waals surface area (Å²) in [6.07, 6.45) is 3.63. The van der Waals surface area contributed by atoms with Gasteiger partial charge in [-0.15, -0.1) is 23.5 Å². The first kappa shape index (κ1) is 18.5. The van der Waals surface area contributed by atoms with Crippen molar-refractivity contribution in [3.05, 3.63) is 29.8 Å². The van der Waals surface area contributed by atoms with Gasteiger partial charge in [-0.1, -0.05) is 12.1 Å². The molecule has 3 rings (SSSR count). The first-order chi connectivity index (χ1) is 12.1. The fourth-order valence-electron chi connectivity index (χ4n) is 3.12. The molecule has 1 aromatic carbocycles. The summed E-state index contributed by atoms with van der Waals surface area (Å²) < 4.78 is 6.04. The third kappa shape index (κ3) is 5.07. The van der Waals surface area contributed by atoms with Gasteiger partial charge in [-0.2, -0.15) is 0 Å². The van der Waals surface area contributed by atoms with E-state index in [-0.39, 0.29) is 18.9 Å². The van der Waals surface area contributed by atoms with E-state index in [2.05, 4.69) is 17.4 Å². The maximum Gasteiger partial charge on any atom is 0.305 e. The van der Waals surface area contributed by atoms with E-state index in [1.807, 2.05) is 35.7 Å². The van der Waals surface area contributed by atoms with Crippen LogP contribution in [0.3, 0.4) is 0 Å². The zero-order valence-corrected chi connectivity index (χ0v) is 15.7. The van der Waals surface area contributed by atoms with Crippen LogP contribution in [0.25, 0.3) is 0 Å². The first-order valence-electron chi connectivity index (χ1n) is 8.55. The second kappa shape index (κ2) is 8.36. The fourth-order valence-corrected chi connectivity index (χ4v) is 6.02. The van der Waals surface area contributed by atoms with Crippen molar-refractivity contribution < 1.29 is 19.4 Å². The molecule has 1 aliphatic heterocycles. The molecule has 1 saturated heterocycles. The van der Waals surface area contributed by atoms with Gasteiger partial charge >= 0.3 is 5.97 Å². The van der Waals surface area contributed by atoms with Gasteiger partial charge in [0, 0.05) is 0 Å². The number of amides is 1. The minimum atomic E-state index is -0.880. The van der Waals surface area contributed by atoms with E-state index < -0.39 is 11.5 Å². The summed E-state index contributed by atoms with van der Waals surface area (Å²) in [5.41, 5.74) is 0.701. The minimum Gasteiger partial charge on any atom is -0.484 e. The summed E-state index contributed by atoms with van der Waals surface area (Å²) >= 11 is 3.94. The van der Waals surface area contributed by atoms with E-state index in [1.54, 1.807) is 0 Å². The molecule has 1 saturated carbocycles. The van der Waals surface area contributed by atoms with Crippen LogP contribution in [0.2, 0.25) is 0 Å². The Morgan fingerprint density at radius 2 is 1.84 bits per heavy atom. The Labute approximate surface area is 156 Å². The SMILES string of the molecule is O=C(O)CC1(NC(=O)COc2ccc(C3SCCCS3)cc2)CCC1. The molecule has 25 heavy (non-hydrogen) atoms. The Kier molecular flexibility index (Phi) is 6.17. The molecule has 0 spiro atoms. The molecular formula is C18H23NO4S2. The summed E-state index contributed by atoms with van der Waals surface area (Å²) in [4.78, 5) is 23.0. The molecule has 2 N–H and O–H groups in total. The van der Waals surface area contributed by atoms with Crippen molar-refractivity contribution in [1.82, 2.24) is 5.32 Å². The number of aliphatic carboxylic acids is 1. The molecule has 1 amide bonds. The van der Waals surface area contributed by atoms with E-state index >= 15 is 0 Å². The van der Waals surface area contributed by atoms with Crippen molar-refractivity contribution >= 4 is 35.4 Å². The van der Waals surface area contributed by atoms with Gasteiger partial charge in [-0.25, -0.2) is 0 Å². The number of thioether (sulfide) groups is 2. The topological polar surface area (TPSA) is 75.6 Å². The molecule has 0 bridgehead atoms. The van der Waals surface area contributed by atoms with Gasteiger partial charge in [-0.3, -0.25) is 9.59 Å². The van der Waals surface area contributed by atoms with Crippen LogP contribution in [0, 0.1) is 0 Å². The average molecular weight is 382 g/mol. The van der Waals surface area contributed by atoms with Gasteiger partial charge in [-0.05, 0) is 54.9 Å². The molecule has 1 aromatic rings. The van der Waals surface area contributed by atoms with E-state index in [0.717, 1.165) is 19.3 Å². The van der Waals surface area contributed by atoms with Crippen molar-refractivity contribution in [3.63, 3.8) is 0 Å². The lowest BCUT2D eigenvalue weighted by molar-refractivity contribution is -0.140. The van der Waals surface area contributed by atoms with Crippen molar-refractivity contribution in [1.29, 1.82) is 0 Å². The minimum absolute atomic E-state index is 0.0237. The molecule has 7 heteroatoms. The maximum atomic E-state index is 12.1. The predicted octanol–water partition coefficient (Wildman–Crippen LogP) is 3.45. The molecule has 136 valence electrons. The van der Waals surface area contributed by atoms with Crippen LogP contribution < -0.4 is 10.1 Å². The molecule has 0 aromatic heterocycles. The van der Waals surface area contributed by atoms with E-state index in [4.69, 9.17) is 9.84 Å². The van der Waals surface area contributed by atoms with Crippen LogP contribution in [0.15, 0.2) is 24.3 Å². The zero-order valence-electron chi connectivity index (χ0n) is 14.0. The standard InChI is InChI=1S/C18H23NO4S2/c20-15(19-18(7-1-8-18)11-16(21)22)12-23-14-5-3-13(4-6-14)17-24-9-2-10-25-17/h3-6,17H,1-2,7-12H2,(H,19,20)(H,21,22). The highest BCUT2D eigenvalue weighted by Crippen LogP contribution is 2.43. The number of carboxylic acid groups (broad SMARTS) is 1. The first-order valence-corrected chi connectivity index (χ1v) is 10.6. The lowest BCUT2D eigenvalue weighted by Crippen LogP contribution is -2.55. The fraction of sp³-hybridized carbons (Fsp3) is 0.556. The third-order valence-electron chi connectivity index (χ3n) is 4.55. The van der Waals surface area contributed by atoms with Crippen molar-refractivity contribution in [3.8, 4) is 5.75 Å². The number of carboxylic acids is 1. The van der Waals surface area contributed by atoms with Crippen LogP contribution in [0.5, 0.6) is 5.75 Å². The number of hydrogen-bond donors (Lipinski definition) is 2. The number of carbonyl (C=O) groups excluding carboxylic acids is 1. The highest BCUT2D eigenvalue weighted by Gasteiger charge is 2.40. The van der Waals surface area contributed by atoms with Crippen LogP contribution in [-0.2, 0) is 9.59 Å². The molecule has 0 atom stereocenters.